The Morgan fingerprint density at radius 2 is 1.78 bits per heavy atom. The summed E-state index contributed by atoms with van der Waals surface area (Å²) >= 11 is 0. The van der Waals surface area contributed by atoms with E-state index in [1.165, 1.54) is 13.0 Å². The minimum Gasteiger partial charge on any atom is -0.444 e. The highest BCUT2D eigenvalue weighted by molar-refractivity contribution is 5.85. The maximum absolute atomic E-state index is 14.5. The third-order valence-electron chi connectivity index (χ3n) is 4.47. The second kappa shape index (κ2) is 8.53. The lowest BCUT2D eigenvalue weighted by Crippen LogP contribution is -2.48. The van der Waals surface area contributed by atoms with Crippen LogP contribution in [0.3, 0.4) is 0 Å². The van der Waals surface area contributed by atoms with Crippen molar-refractivity contribution in [3.63, 3.8) is 0 Å². The highest BCUT2D eigenvalue weighted by atomic mass is 19.1. The van der Waals surface area contributed by atoms with Crippen LogP contribution in [0.4, 0.5) is 20.6 Å². The van der Waals surface area contributed by atoms with Gasteiger partial charge in [0, 0.05) is 38.8 Å². The number of hydrogen-bond acceptors (Lipinski definition) is 4. The Bertz CT molecular complexity index is 805. The Labute approximate surface area is 157 Å². The first-order valence-electron chi connectivity index (χ1n) is 8.80. The largest absolute Gasteiger partial charge is 0.444 e. The fraction of sp³-hybridized carbons (Fsp3) is 0.300. The molecule has 0 unspecified atom stereocenters. The summed E-state index contributed by atoms with van der Waals surface area (Å²) in [7, 11) is 0. The number of anilines is 2. The SMILES string of the molecule is CC(=O)N1CCN(c2ccc(NC(=O)OCc3ccccc3)cc2F)CC1. The second-order valence-corrected chi connectivity index (χ2v) is 6.35. The van der Waals surface area contributed by atoms with Gasteiger partial charge in [0.1, 0.15) is 12.4 Å². The molecule has 0 saturated carbocycles. The first-order chi connectivity index (χ1) is 13.0. The number of nitrogens with one attached hydrogen (secondary N) is 1. The minimum absolute atomic E-state index is 0.0312. The van der Waals surface area contributed by atoms with Crippen LogP contribution in [0.2, 0.25) is 0 Å². The van der Waals surface area contributed by atoms with Crippen molar-refractivity contribution in [2.24, 2.45) is 0 Å². The number of rotatable bonds is 4. The van der Waals surface area contributed by atoms with E-state index in [0.717, 1.165) is 5.56 Å². The molecule has 1 fully saturated rings. The molecule has 0 spiro atoms. The Morgan fingerprint density at radius 3 is 2.41 bits per heavy atom. The Balaban J connectivity index is 1.55. The van der Waals surface area contributed by atoms with E-state index in [1.807, 2.05) is 35.2 Å². The van der Waals surface area contributed by atoms with Crippen LogP contribution in [-0.4, -0.2) is 43.1 Å². The maximum Gasteiger partial charge on any atom is 0.411 e. The number of carbonyl (C=O) groups is 2. The summed E-state index contributed by atoms with van der Waals surface area (Å²) in [5.41, 5.74) is 1.66. The van der Waals surface area contributed by atoms with Gasteiger partial charge in [-0.1, -0.05) is 30.3 Å². The van der Waals surface area contributed by atoms with Gasteiger partial charge in [0.15, 0.2) is 0 Å². The van der Waals surface area contributed by atoms with Gasteiger partial charge in [0.25, 0.3) is 0 Å². The summed E-state index contributed by atoms with van der Waals surface area (Å²) in [6.45, 7) is 3.97. The molecule has 3 rings (SSSR count). The fourth-order valence-electron chi connectivity index (χ4n) is 2.98. The molecule has 7 heteroatoms. The molecule has 2 amide bonds. The number of halogens is 1. The highest BCUT2D eigenvalue weighted by Crippen LogP contribution is 2.24. The van der Waals surface area contributed by atoms with Crippen molar-refractivity contribution in [1.82, 2.24) is 4.90 Å². The van der Waals surface area contributed by atoms with Gasteiger partial charge in [-0.15, -0.1) is 0 Å². The molecular weight excluding hydrogens is 349 g/mol. The zero-order valence-electron chi connectivity index (χ0n) is 15.2. The molecule has 2 aromatic carbocycles. The summed E-state index contributed by atoms with van der Waals surface area (Å²) in [4.78, 5) is 26.9. The van der Waals surface area contributed by atoms with Gasteiger partial charge in [-0.2, -0.15) is 0 Å². The van der Waals surface area contributed by atoms with Gasteiger partial charge in [-0.3, -0.25) is 10.1 Å². The lowest BCUT2D eigenvalue weighted by Gasteiger charge is -2.35. The van der Waals surface area contributed by atoms with Crippen LogP contribution in [0.5, 0.6) is 0 Å². The maximum atomic E-state index is 14.5. The molecule has 6 nitrogen and oxygen atoms in total. The van der Waals surface area contributed by atoms with Crippen LogP contribution >= 0.6 is 0 Å². The standard InChI is InChI=1S/C20H22FN3O3/c1-15(25)23-9-11-24(12-10-23)19-8-7-17(13-18(19)21)22-20(26)27-14-16-5-3-2-4-6-16/h2-8,13H,9-12,14H2,1H3,(H,22,26). The summed E-state index contributed by atoms with van der Waals surface area (Å²) in [5, 5.41) is 2.53. The smallest absolute Gasteiger partial charge is 0.411 e. The normalized spacial score (nSPS) is 14.0. The van der Waals surface area contributed by atoms with Crippen molar-refractivity contribution in [3.05, 3.63) is 59.9 Å². The van der Waals surface area contributed by atoms with E-state index in [9.17, 15) is 14.0 Å². The second-order valence-electron chi connectivity index (χ2n) is 6.35. The van der Waals surface area contributed by atoms with Crippen molar-refractivity contribution >= 4 is 23.4 Å². The topological polar surface area (TPSA) is 61.9 Å². The quantitative estimate of drug-likeness (QED) is 0.896. The molecule has 1 N–H and O–H groups in total. The van der Waals surface area contributed by atoms with E-state index >= 15 is 0 Å². The minimum atomic E-state index is -0.638. The van der Waals surface area contributed by atoms with Crippen molar-refractivity contribution < 1.29 is 18.7 Å². The van der Waals surface area contributed by atoms with E-state index < -0.39 is 11.9 Å². The summed E-state index contributed by atoms with van der Waals surface area (Å²) in [5.74, 6) is -0.393. The Hall–Kier alpha value is -3.09. The first-order valence-corrected chi connectivity index (χ1v) is 8.80. The van der Waals surface area contributed by atoms with Crippen LogP contribution in [0, 0.1) is 5.82 Å². The van der Waals surface area contributed by atoms with Gasteiger partial charge < -0.3 is 14.5 Å². The number of hydrogen-bond donors (Lipinski definition) is 1. The van der Waals surface area contributed by atoms with Gasteiger partial charge in [-0.05, 0) is 23.8 Å². The number of amides is 2. The van der Waals surface area contributed by atoms with Crippen molar-refractivity contribution in [2.45, 2.75) is 13.5 Å². The highest BCUT2D eigenvalue weighted by Gasteiger charge is 2.21. The van der Waals surface area contributed by atoms with Crippen molar-refractivity contribution in [2.75, 3.05) is 36.4 Å². The van der Waals surface area contributed by atoms with Crippen LogP contribution < -0.4 is 10.2 Å². The fourth-order valence-corrected chi connectivity index (χ4v) is 2.98. The van der Waals surface area contributed by atoms with Crippen molar-refractivity contribution in [1.29, 1.82) is 0 Å². The average molecular weight is 371 g/mol. The molecule has 1 saturated heterocycles. The average Bonchev–Trinajstić information content (AvgIpc) is 2.67. The number of piperazine rings is 1. The van der Waals surface area contributed by atoms with E-state index in [-0.39, 0.29) is 12.5 Å². The van der Waals surface area contributed by atoms with Crippen molar-refractivity contribution in [3.8, 4) is 0 Å². The molecule has 0 bridgehead atoms. The Morgan fingerprint density at radius 1 is 1.07 bits per heavy atom. The molecule has 0 aliphatic carbocycles. The van der Waals surface area contributed by atoms with Gasteiger partial charge in [0.05, 0.1) is 5.69 Å². The van der Waals surface area contributed by atoms with E-state index in [4.69, 9.17) is 4.74 Å². The van der Waals surface area contributed by atoms with Crippen LogP contribution in [0.15, 0.2) is 48.5 Å². The zero-order chi connectivity index (χ0) is 19.2. The van der Waals surface area contributed by atoms with E-state index in [1.54, 1.807) is 17.0 Å². The predicted octanol–water partition coefficient (Wildman–Crippen LogP) is 3.24. The molecule has 2 aromatic rings. The molecule has 1 aliphatic rings. The number of carbonyl (C=O) groups excluding carboxylic acids is 2. The van der Waals surface area contributed by atoms with Gasteiger partial charge in [0.2, 0.25) is 5.91 Å². The molecule has 1 heterocycles. The summed E-state index contributed by atoms with van der Waals surface area (Å²) < 4.78 is 19.6. The number of benzene rings is 2. The summed E-state index contributed by atoms with van der Waals surface area (Å²) in [6.07, 6.45) is -0.638. The third-order valence-corrected chi connectivity index (χ3v) is 4.47. The molecule has 142 valence electrons. The zero-order valence-corrected chi connectivity index (χ0v) is 15.2. The monoisotopic (exact) mass is 371 g/mol. The summed E-state index contributed by atoms with van der Waals surface area (Å²) in [6, 6.07) is 13.9. The molecule has 1 aliphatic heterocycles. The van der Waals surface area contributed by atoms with Crippen LogP contribution in [0.1, 0.15) is 12.5 Å². The van der Waals surface area contributed by atoms with Gasteiger partial charge >= 0.3 is 6.09 Å². The molecular formula is C20H22FN3O3. The molecule has 0 radical (unpaired) electrons. The van der Waals surface area contributed by atoms with E-state index in [2.05, 4.69) is 5.32 Å². The van der Waals surface area contributed by atoms with Gasteiger partial charge in [-0.25, -0.2) is 9.18 Å². The van der Waals surface area contributed by atoms with Crippen LogP contribution in [-0.2, 0) is 16.1 Å². The number of ether oxygens (including phenoxy) is 1. The van der Waals surface area contributed by atoms with E-state index in [0.29, 0.717) is 37.6 Å². The lowest BCUT2D eigenvalue weighted by atomic mass is 10.2. The predicted molar refractivity (Wildman–Crippen MR) is 101 cm³/mol. The first kappa shape index (κ1) is 18.7. The van der Waals surface area contributed by atoms with Crippen LogP contribution in [0.25, 0.3) is 0 Å². The Kier molecular flexibility index (Phi) is 5.90. The third kappa shape index (κ3) is 4.97. The molecule has 27 heavy (non-hydrogen) atoms. The molecule has 0 atom stereocenters. The lowest BCUT2D eigenvalue weighted by molar-refractivity contribution is -0.129. The number of nitrogens with zero attached hydrogens (tertiary/aromatic N) is 2. The molecule has 0 aromatic heterocycles.